The van der Waals surface area contributed by atoms with E-state index in [1.54, 1.807) is 6.92 Å². The normalized spacial score (nSPS) is 14.3. The average molecular weight is 207 g/mol. The molecule has 0 bridgehead atoms. The molecule has 15 heavy (non-hydrogen) atoms. The van der Waals surface area contributed by atoms with Crippen LogP contribution >= 0.6 is 0 Å². The number of amides is 1. The van der Waals surface area contributed by atoms with Crippen LogP contribution in [0.1, 0.15) is 25.5 Å². The van der Waals surface area contributed by atoms with Crippen LogP contribution in [-0.2, 0) is 9.53 Å². The molecule has 0 aliphatic heterocycles. The fourth-order valence-corrected chi connectivity index (χ4v) is 1.26. The van der Waals surface area contributed by atoms with Crippen LogP contribution in [0.4, 0.5) is 0 Å². The molecule has 0 heterocycles. The highest BCUT2D eigenvalue weighted by Crippen LogP contribution is 2.11. The first kappa shape index (κ1) is 11.7. The monoisotopic (exact) mass is 207 g/mol. The van der Waals surface area contributed by atoms with Crippen molar-refractivity contribution in [3.05, 3.63) is 35.9 Å². The molecule has 1 N–H and O–H groups in total. The van der Waals surface area contributed by atoms with Crippen LogP contribution in [0, 0.1) is 0 Å². The molecular weight excluding hydrogens is 190 g/mol. The van der Waals surface area contributed by atoms with Gasteiger partial charge in [0.2, 0.25) is 5.91 Å². The molecular formula is C12H17NO2. The van der Waals surface area contributed by atoms with Gasteiger partial charge in [-0.15, -0.1) is 0 Å². The van der Waals surface area contributed by atoms with E-state index in [1.807, 2.05) is 37.3 Å². The predicted molar refractivity (Wildman–Crippen MR) is 59.5 cm³/mol. The Labute approximate surface area is 90.4 Å². The molecule has 1 aromatic rings. The summed E-state index contributed by atoms with van der Waals surface area (Å²) < 4.78 is 4.94. The van der Waals surface area contributed by atoms with Crippen molar-refractivity contribution in [2.45, 2.75) is 26.0 Å². The third kappa shape index (κ3) is 3.36. The van der Waals surface area contributed by atoms with Gasteiger partial charge in [0.1, 0.15) is 6.10 Å². The highest BCUT2D eigenvalue weighted by atomic mass is 16.5. The van der Waals surface area contributed by atoms with E-state index < -0.39 is 6.10 Å². The zero-order chi connectivity index (χ0) is 11.3. The summed E-state index contributed by atoms with van der Waals surface area (Å²) in [4.78, 5) is 11.5. The van der Waals surface area contributed by atoms with Crippen LogP contribution in [0.2, 0.25) is 0 Å². The fraction of sp³-hybridized carbons (Fsp3) is 0.417. The molecule has 0 aliphatic carbocycles. The van der Waals surface area contributed by atoms with Gasteiger partial charge in [-0.3, -0.25) is 4.79 Å². The van der Waals surface area contributed by atoms with E-state index in [0.717, 1.165) is 5.56 Å². The van der Waals surface area contributed by atoms with E-state index in [1.165, 1.54) is 7.11 Å². The van der Waals surface area contributed by atoms with Crippen molar-refractivity contribution in [3.63, 3.8) is 0 Å². The summed E-state index contributed by atoms with van der Waals surface area (Å²) in [6.07, 6.45) is -0.406. The Bertz CT molecular complexity index is 311. The van der Waals surface area contributed by atoms with Crippen molar-refractivity contribution in [2.24, 2.45) is 0 Å². The maximum absolute atomic E-state index is 11.5. The highest BCUT2D eigenvalue weighted by Gasteiger charge is 2.14. The molecule has 0 fully saturated rings. The molecule has 0 saturated heterocycles. The summed E-state index contributed by atoms with van der Waals surface area (Å²) in [7, 11) is 1.53. The second kappa shape index (κ2) is 5.51. The summed E-state index contributed by atoms with van der Waals surface area (Å²) in [5.74, 6) is -0.0890. The van der Waals surface area contributed by atoms with Gasteiger partial charge >= 0.3 is 0 Å². The molecule has 0 saturated carbocycles. The largest absolute Gasteiger partial charge is 0.372 e. The molecule has 0 aromatic heterocycles. The average Bonchev–Trinajstić information content (AvgIpc) is 2.29. The molecule has 0 spiro atoms. The third-order valence-corrected chi connectivity index (χ3v) is 2.38. The summed E-state index contributed by atoms with van der Waals surface area (Å²) >= 11 is 0. The van der Waals surface area contributed by atoms with Gasteiger partial charge in [-0.2, -0.15) is 0 Å². The Morgan fingerprint density at radius 1 is 1.27 bits per heavy atom. The molecule has 82 valence electrons. The number of ether oxygens (including phenoxy) is 1. The zero-order valence-electron chi connectivity index (χ0n) is 9.36. The topological polar surface area (TPSA) is 38.3 Å². The van der Waals surface area contributed by atoms with E-state index in [0.29, 0.717) is 0 Å². The van der Waals surface area contributed by atoms with E-state index in [-0.39, 0.29) is 11.9 Å². The summed E-state index contributed by atoms with van der Waals surface area (Å²) in [5.41, 5.74) is 1.09. The number of carbonyl (C=O) groups is 1. The lowest BCUT2D eigenvalue weighted by Gasteiger charge is -2.16. The van der Waals surface area contributed by atoms with Gasteiger partial charge in [-0.1, -0.05) is 30.3 Å². The second-order valence-electron chi connectivity index (χ2n) is 3.52. The Kier molecular flexibility index (Phi) is 4.31. The maximum atomic E-state index is 11.5. The van der Waals surface area contributed by atoms with Crippen LogP contribution in [0.5, 0.6) is 0 Å². The first-order valence-electron chi connectivity index (χ1n) is 5.03. The lowest BCUT2D eigenvalue weighted by atomic mass is 10.1. The van der Waals surface area contributed by atoms with Crippen molar-refractivity contribution in [3.8, 4) is 0 Å². The van der Waals surface area contributed by atoms with Crippen molar-refractivity contribution in [2.75, 3.05) is 7.11 Å². The molecule has 2 atom stereocenters. The minimum Gasteiger partial charge on any atom is -0.372 e. The first-order chi connectivity index (χ1) is 7.15. The Morgan fingerprint density at radius 3 is 2.40 bits per heavy atom. The van der Waals surface area contributed by atoms with Crippen molar-refractivity contribution in [1.29, 1.82) is 0 Å². The van der Waals surface area contributed by atoms with E-state index >= 15 is 0 Å². The molecule has 0 radical (unpaired) electrons. The van der Waals surface area contributed by atoms with Crippen molar-refractivity contribution in [1.82, 2.24) is 5.32 Å². The van der Waals surface area contributed by atoms with Gasteiger partial charge in [-0.25, -0.2) is 0 Å². The minimum absolute atomic E-state index is 0.0105. The van der Waals surface area contributed by atoms with Crippen LogP contribution in [-0.4, -0.2) is 19.1 Å². The summed E-state index contributed by atoms with van der Waals surface area (Å²) in [6, 6.07) is 9.85. The van der Waals surface area contributed by atoms with Crippen LogP contribution in [0.25, 0.3) is 0 Å². The highest BCUT2D eigenvalue weighted by molar-refractivity contribution is 5.80. The van der Waals surface area contributed by atoms with Crippen LogP contribution in [0.3, 0.4) is 0 Å². The number of benzene rings is 1. The molecule has 1 rings (SSSR count). The first-order valence-corrected chi connectivity index (χ1v) is 5.03. The molecule has 1 aromatic carbocycles. The summed E-state index contributed by atoms with van der Waals surface area (Å²) in [6.45, 7) is 3.68. The van der Waals surface area contributed by atoms with Gasteiger partial charge in [0.15, 0.2) is 0 Å². The van der Waals surface area contributed by atoms with E-state index in [4.69, 9.17) is 4.74 Å². The Balaban J connectivity index is 2.56. The zero-order valence-corrected chi connectivity index (χ0v) is 9.36. The maximum Gasteiger partial charge on any atom is 0.249 e. The van der Waals surface area contributed by atoms with Crippen LogP contribution < -0.4 is 5.32 Å². The predicted octanol–water partition coefficient (Wildman–Crippen LogP) is 1.90. The number of rotatable bonds is 4. The van der Waals surface area contributed by atoms with Crippen molar-refractivity contribution < 1.29 is 9.53 Å². The van der Waals surface area contributed by atoms with Gasteiger partial charge in [0, 0.05) is 7.11 Å². The quantitative estimate of drug-likeness (QED) is 0.819. The Hall–Kier alpha value is -1.35. The third-order valence-electron chi connectivity index (χ3n) is 2.38. The molecule has 0 aliphatic rings. The molecule has 3 heteroatoms. The number of hydrogen-bond acceptors (Lipinski definition) is 2. The number of carbonyl (C=O) groups excluding carboxylic acids is 1. The SMILES string of the molecule is CO[C@H](C)C(=O)N[C@H](C)c1ccccc1. The number of hydrogen-bond donors (Lipinski definition) is 1. The van der Waals surface area contributed by atoms with Gasteiger partial charge in [0.05, 0.1) is 6.04 Å². The van der Waals surface area contributed by atoms with Gasteiger partial charge < -0.3 is 10.1 Å². The Morgan fingerprint density at radius 2 is 1.87 bits per heavy atom. The second-order valence-corrected chi connectivity index (χ2v) is 3.52. The number of nitrogens with one attached hydrogen (secondary N) is 1. The smallest absolute Gasteiger partial charge is 0.249 e. The minimum atomic E-state index is -0.406. The summed E-state index contributed by atoms with van der Waals surface area (Å²) in [5, 5.41) is 2.88. The van der Waals surface area contributed by atoms with E-state index in [9.17, 15) is 4.79 Å². The molecule has 3 nitrogen and oxygen atoms in total. The molecule has 0 unspecified atom stereocenters. The van der Waals surface area contributed by atoms with Crippen LogP contribution in [0.15, 0.2) is 30.3 Å². The fourth-order valence-electron chi connectivity index (χ4n) is 1.26. The lowest BCUT2D eigenvalue weighted by molar-refractivity contribution is -0.130. The number of methoxy groups -OCH3 is 1. The molecule has 1 amide bonds. The standard InChI is InChI=1S/C12H17NO2/c1-9(11-7-5-4-6-8-11)13-12(14)10(2)15-3/h4-10H,1-3H3,(H,13,14)/t9-,10-/m1/s1. The van der Waals surface area contributed by atoms with Gasteiger partial charge in [-0.05, 0) is 19.4 Å². The lowest BCUT2D eigenvalue weighted by Crippen LogP contribution is -2.35. The van der Waals surface area contributed by atoms with Crippen molar-refractivity contribution >= 4 is 5.91 Å². The van der Waals surface area contributed by atoms with E-state index in [2.05, 4.69) is 5.32 Å². The van der Waals surface area contributed by atoms with Gasteiger partial charge in [0.25, 0.3) is 0 Å².